The molecule has 1 aromatic rings. The van der Waals surface area contributed by atoms with E-state index in [1.165, 1.54) is 19.3 Å². The first kappa shape index (κ1) is 21.5. The fourth-order valence-corrected chi connectivity index (χ4v) is 9.66. The van der Waals surface area contributed by atoms with Crippen LogP contribution in [0, 0.1) is 34.9 Å². The van der Waals surface area contributed by atoms with Crippen LogP contribution in [0.5, 0.6) is 5.75 Å². The van der Waals surface area contributed by atoms with Crippen molar-refractivity contribution in [1.82, 2.24) is 0 Å². The van der Waals surface area contributed by atoms with E-state index >= 15 is 0 Å². The summed E-state index contributed by atoms with van der Waals surface area (Å²) in [4.78, 5) is 10.9. The third kappa shape index (κ3) is 3.75. The van der Waals surface area contributed by atoms with Crippen molar-refractivity contribution in [3.8, 4) is 5.75 Å². The van der Waals surface area contributed by atoms with Crippen LogP contribution in [-0.4, -0.2) is 31.4 Å². The molecule has 31 heavy (non-hydrogen) atoms. The highest BCUT2D eigenvalue weighted by atomic mass is 35.5. The van der Waals surface area contributed by atoms with Crippen LogP contribution in [0.4, 0.5) is 4.39 Å². The molecule has 5 aliphatic rings. The van der Waals surface area contributed by atoms with Crippen molar-refractivity contribution in [2.75, 3.05) is 6.61 Å². The van der Waals surface area contributed by atoms with Crippen molar-refractivity contribution >= 4 is 27.4 Å². The summed E-state index contributed by atoms with van der Waals surface area (Å²) < 4.78 is 47.0. The maximum atomic E-state index is 14.9. The SMILES string of the molecule is O=C(O)[C@@H]1CCC[C@H]1S(=O)(=O)c1cc(Cl)c(OCC23CC4CC(CC(C4)C2)C3)cc1F. The number of rotatable bonds is 6. The highest BCUT2D eigenvalue weighted by Gasteiger charge is 2.51. The molecule has 0 aromatic heterocycles. The smallest absolute Gasteiger partial charge is 0.307 e. The van der Waals surface area contributed by atoms with Gasteiger partial charge in [0.05, 0.1) is 22.8 Å². The van der Waals surface area contributed by atoms with Gasteiger partial charge in [-0.25, -0.2) is 12.8 Å². The molecule has 0 spiro atoms. The standard InChI is InChI=1S/C23H28ClFO5S/c24-17-7-21(31(28,29)20-3-1-2-16(20)22(26)27)18(25)8-19(17)30-12-23-9-13-4-14(10-23)6-15(5-13)11-23/h7-8,13-16,20H,1-6,9-12H2,(H,26,27)/t13?,14?,15?,16-,20-,23?/m1/s1. The van der Waals surface area contributed by atoms with Gasteiger partial charge in [-0.05, 0) is 75.2 Å². The van der Waals surface area contributed by atoms with Crippen molar-refractivity contribution < 1.29 is 27.4 Å². The molecule has 1 aromatic carbocycles. The van der Waals surface area contributed by atoms with E-state index < -0.39 is 37.7 Å². The first-order valence-corrected chi connectivity index (χ1v) is 13.2. The molecular weight excluding hydrogens is 443 g/mol. The van der Waals surface area contributed by atoms with Crippen LogP contribution in [0.15, 0.2) is 17.0 Å². The molecule has 5 aliphatic carbocycles. The Morgan fingerprint density at radius 3 is 2.32 bits per heavy atom. The number of benzene rings is 1. The summed E-state index contributed by atoms with van der Waals surface area (Å²) in [7, 11) is -4.15. The minimum Gasteiger partial charge on any atom is -0.491 e. The molecule has 8 heteroatoms. The van der Waals surface area contributed by atoms with E-state index in [2.05, 4.69) is 0 Å². The summed E-state index contributed by atoms with van der Waals surface area (Å²) in [5, 5.41) is 8.26. The monoisotopic (exact) mass is 470 g/mol. The molecule has 0 saturated heterocycles. The summed E-state index contributed by atoms with van der Waals surface area (Å²) in [6, 6.07) is 2.15. The van der Waals surface area contributed by atoms with E-state index in [1.54, 1.807) is 0 Å². The Labute approximate surface area is 187 Å². The molecule has 0 radical (unpaired) electrons. The lowest BCUT2D eigenvalue weighted by Crippen LogP contribution is -2.48. The average molecular weight is 471 g/mol. The second kappa shape index (κ2) is 7.62. The number of aliphatic carboxylic acids is 1. The zero-order valence-corrected chi connectivity index (χ0v) is 18.9. The van der Waals surface area contributed by atoms with Crippen molar-refractivity contribution in [3.63, 3.8) is 0 Å². The summed E-state index contributed by atoms with van der Waals surface area (Å²) >= 11 is 6.33. The quantitative estimate of drug-likeness (QED) is 0.625. The molecule has 0 aliphatic heterocycles. The Morgan fingerprint density at radius 2 is 1.74 bits per heavy atom. The molecule has 170 valence electrons. The van der Waals surface area contributed by atoms with Gasteiger partial charge in [0.1, 0.15) is 16.5 Å². The van der Waals surface area contributed by atoms with E-state index in [1.807, 2.05) is 0 Å². The average Bonchev–Trinajstić information content (AvgIpc) is 3.18. The molecule has 0 unspecified atom stereocenters. The van der Waals surface area contributed by atoms with Crippen LogP contribution >= 0.6 is 11.6 Å². The summed E-state index contributed by atoms with van der Waals surface area (Å²) in [5.74, 6) is -0.645. The molecule has 4 bridgehead atoms. The van der Waals surface area contributed by atoms with E-state index in [0.717, 1.165) is 49.1 Å². The second-order valence-corrected chi connectivity index (χ2v) is 12.9. The van der Waals surface area contributed by atoms with Crippen molar-refractivity contribution in [1.29, 1.82) is 0 Å². The van der Waals surface area contributed by atoms with Gasteiger partial charge in [-0.15, -0.1) is 0 Å². The predicted molar refractivity (Wildman–Crippen MR) is 113 cm³/mol. The highest BCUT2D eigenvalue weighted by molar-refractivity contribution is 7.92. The fourth-order valence-electron chi connectivity index (χ4n) is 7.28. The van der Waals surface area contributed by atoms with Crippen LogP contribution < -0.4 is 4.74 Å². The van der Waals surface area contributed by atoms with Gasteiger partial charge in [-0.3, -0.25) is 4.79 Å². The minimum atomic E-state index is -4.15. The number of hydrogen-bond acceptors (Lipinski definition) is 4. The maximum absolute atomic E-state index is 14.9. The number of sulfone groups is 1. The molecule has 2 atom stereocenters. The first-order valence-electron chi connectivity index (χ1n) is 11.3. The zero-order chi connectivity index (χ0) is 22.0. The number of ether oxygens (including phenoxy) is 1. The van der Waals surface area contributed by atoms with Gasteiger partial charge < -0.3 is 9.84 Å². The van der Waals surface area contributed by atoms with Gasteiger partial charge in [0.2, 0.25) is 0 Å². The third-order valence-electron chi connectivity index (χ3n) is 8.16. The van der Waals surface area contributed by atoms with E-state index in [4.69, 9.17) is 16.3 Å². The molecule has 5 saturated carbocycles. The van der Waals surface area contributed by atoms with Crippen LogP contribution in [0.25, 0.3) is 0 Å². The molecule has 0 heterocycles. The Bertz CT molecular complexity index is 972. The minimum absolute atomic E-state index is 0.0505. The van der Waals surface area contributed by atoms with Crippen LogP contribution in [-0.2, 0) is 14.6 Å². The molecule has 5 nitrogen and oxygen atoms in total. The Balaban J connectivity index is 1.36. The normalized spacial score (nSPS) is 36.6. The van der Waals surface area contributed by atoms with Crippen molar-refractivity contribution in [3.05, 3.63) is 23.0 Å². The third-order valence-corrected chi connectivity index (χ3v) is 10.7. The van der Waals surface area contributed by atoms with E-state index in [9.17, 15) is 22.7 Å². The molecule has 6 rings (SSSR count). The number of hydrogen-bond donors (Lipinski definition) is 1. The lowest BCUT2D eigenvalue weighted by atomic mass is 9.50. The van der Waals surface area contributed by atoms with Crippen LogP contribution in [0.1, 0.15) is 57.8 Å². The van der Waals surface area contributed by atoms with Crippen molar-refractivity contribution in [2.24, 2.45) is 29.1 Å². The number of carboxylic acid groups (broad SMARTS) is 1. The first-order chi connectivity index (χ1) is 14.7. The fraction of sp³-hybridized carbons (Fsp3) is 0.696. The lowest BCUT2D eigenvalue weighted by molar-refractivity contribution is -0.141. The highest BCUT2D eigenvalue weighted by Crippen LogP contribution is 2.60. The maximum Gasteiger partial charge on any atom is 0.307 e. The number of carbonyl (C=O) groups is 1. The summed E-state index contributed by atoms with van der Waals surface area (Å²) in [6.07, 6.45) is 8.36. The van der Waals surface area contributed by atoms with Gasteiger partial charge in [0, 0.05) is 11.5 Å². The van der Waals surface area contributed by atoms with Gasteiger partial charge in [-0.2, -0.15) is 0 Å². The molecule has 0 amide bonds. The Morgan fingerprint density at radius 1 is 1.13 bits per heavy atom. The Kier molecular flexibility index (Phi) is 5.28. The van der Waals surface area contributed by atoms with E-state index in [0.29, 0.717) is 13.0 Å². The Hall–Kier alpha value is -1.34. The second-order valence-electron chi connectivity index (χ2n) is 10.4. The molecule has 5 fully saturated rings. The van der Waals surface area contributed by atoms with Crippen molar-refractivity contribution in [2.45, 2.75) is 67.9 Å². The predicted octanol–water partition coefficient (Wildman–Crippen LogP) is 5.10. The molecule has 1 N–H and O–H groups in total. The van der Waals surface area contributed by atoms with E-state index in [-0.39, 0.29) is 29.0 Å². The number of halogens is 2. The van der Waals surface area contributed by atoms with Gasteiger partial charge in [0.25, 0.3) is 0 Å². The van der Waals surface area contributed by atoms with Gasteiger partial charge in [0.15, 0.2) is 9.84 Å². The summed E-state index contributed by atoms with van der Waals surface area (Å²) in [5.41, 5.74) is 0.123. The van der Waals surface area contributed by atoms with Crippen LogP contribution in [0.3, 0.4) is 0 Å². The number of carboxylic acids is 1. The zero-order valence-electron chi connectivity index (χ0n) is 17.4. The van der Waals surface area contributed by atoms with Gasteiger partial charge in [-0.1, -0.05) is 18.0 Å². The molecular formula is C23H28ClFO5S. The van der Waals surface area contributed by atoms with Gasteiger partial charge >= 0.3 is 5.97 Å². The largest absolute Gasteiger partial charge is 0.491 e. The topological polar surface area (TPSA) is 80.7 Å². The lowest BCUT2D eigenvalue weighted by Gasteiger charge is -2.56. The van der Waals surface area contributed by atoms with Crippen LogP contribution in [0.2, 0.25) is 5.02 Å². The summed E-state index contributed by atoms with van der Waals surface area (Å²) in [6.45, 7) is 0.478.